The van der Waals surface area contributed by atoms with Crippen LogP contribution in [0.2, 0.25) is 18.1 Å². The van der Waals surface area contributed by atoms with Crippen LogP contribution >= 0.6 is 0 Å². The van der Waals surface area contributed by atoms with Crippen LogP contribution in [-0.2, 0) is 25.4 Å². The predicted molar refractivity (Wildman–Crippen MR) is 115 cm³/mol. The first-order valence-corrected chi connectivity index (χ1v) is 13.1. The van der Waals surface area contributed by atoms with Crippen LogP contribution in [0.4, 0.5) is 0 Å². The maximum atomic E-state index is 12.9. The van der Waals surface area contributed by atoms with Gasteiger partial charge in [-0.05, 0) is 30.6 Å². The van der Waals surface area contributed by atoms with E-state index in [1.54, 1.807) is 6.92 Å². The van der Waals surface area contributed by atoms with Gasteiger partial charge in [0, 0.05) is 24.9 Å². The second-order valence-corrected chi connectivity index (χ2v) is 14.7. The number of ether oxygens (including phenoxy) is 1. The SMILES string of the molecule is CC(=O)C1CC(=O)[C@@](C)(COCc2ccccc2)[C@@H]1CO[Si](C)(C)C(C)(C)C. The van der Waals surface area contributed by atoms with E-state index in [-0.39, 0.29) is 28.4 Å². The minimum atomic E-state index is -1.97. The summed E-state index contributed by atoms with van der Waals surface area (Å²) < 4.78 is 12.4. The molecule has 1 aliphatic carbocycles. The fourth-order valence-electron chi connectivity index (χ4n) is 3.61. The van der Waals surface area contributed by atoms with Gasteiger partial charge in [0.2, 0.25) is 0 Å². The summed E-state index contributed by atoms with van der Waals surface area (Å²) in [6.45, 7) is 15.8. The Bertz CT molecular complexity index is 692. The van der Waals surface area contributed by atoms with Crippen molar-refractivity contribution in [2.75, 3.05) is 13.2 Å². The highest BCUT2D eigenvalue weighted by Crippen LogP contribution is 2.46. The third-order valence-corrected chi connectivity index (χ3v) is 11.3. The molecule has 1 saturated carbocycles. The predicted octanol–water partition coefficient (Wildman–Crippen LogP) is 5.03. The summed E-state index contributed by atoms with van der Waals surface area (Å²) in [6, 6.07) is 9.94. The molecular formula is C23H36O4Si. The van der Waals surface area contributed by atoms with Crippen molar-refractivity contribution >= 4 is 19.9 Å². The van der Waals surface area contributed by atoms with Crippen molar-refractivity contribution in [3.8, 4) is 0 Å². The molecule has 1 unspecified atom stereocenters. The molecule has 0 radical (unpaired) electrons. The lowest BCUT2D eigenvalue weighted by Gasteiger charge is -2.39. The third-order valence-electron chi connectivity index (χ3n) is 6.81. The molecule has 28 heavy (non-hydrogen) atoms. The molecule has 5 heteroatoms. The highest BCUT2D eigenvalue weighted by Gasteiger charge is 2.54. The van der Waals surface area contributed by atoms with E-state index in [0.717, 1.165) is 5.56 Å². The standard InChI is InChI=1S/C23H36O4Si/c1-17(24)19-13-21(25)23(5,16-26-14-18-11-9-8-10-12-18)20(19)15-27-28(6,7)22(2,3)4/h8-12,19-20H,13-16H2,1-7H3/t19?,20-,23+/m1/s1. The Labute approximate surface area is 171 Å². The van der Waals surface area contributed by atoms with Gasteiger partial charge in [0.1, 0.15) is 11.6 Å². The minimum absolute atomic E-state index is 0.0731. The Balaban J connectivity index is 2.14. The molecule has 3 atom stereocenters. The second-order valence-electron chi connectivity index (χ2n) is 9.92. The molecule has 0 bridgehead atoms. The summed E-state index contributed by atoms with van der Waals surface area (Å²) in [7, 11) is -1.97. The number of carbonyl (C=O) groups excluding carboxylic acids is 2. The molecule has 1 aromatic rings. The van der Waals surface area contributed by atoms with Crippen LogP contribution in [0.5, 0.6) is 0 Å². The summed E-state index contributed by atoms with van der Waals surface area (Å²) in [5, 5.41) is 0.0849. The zero-order valence-electron chi connectivity index (χ0n) is 18.5. The molecule has 0 amide bonds. The summed E-state index contributed by atoms with van der Waals surface area (Å²) in [5.41, 5.74) is 0.391. The van der Waals surface area contributed by atoms with E-state index in [2.05, 4.69) is 33.9 Å². The summed E-state index contributed by atoms with van der Waals surface area (Å²) in [4.78, 5) is 25.2. The highest BCUT2D eigenvalue weighted by atomic mass is 28.4. The van der Waals surface area contributed by atoms with Crippen molar-refractivity contribution in [3.63, 3.8) is 0 Å². The smallest absolute Gasteiger partial charge is 0.191 e. The summed E-state index contributed by atoms with van der Waals surface area (Å²) in [5.74, 6) is -0.224. The molecule has 156 valence electrons. The number of rotatable bonds is 8. The number of benzene rings is 1. The van der Waals surface area contributed by atoms with Crippen LogP contribution in [0.25, 0.3) is 0 Å². The van der Waals surface area contributed by atoms with Crippen molar-refractivity contribution in [3.05, 3.63) is 35.9 Å². The van der Waals surface area contributed by atoms with Crippen molar-refractivity contribution < 1.29 is 18.8 Å². The minimum Gasteiger partial charge on any atom is -0.416 e. The molecule has 4 nitrogen and oxygen atoms in total. The number of hydrogen-bond acceptors (Lipinski definition) is 4. The van der Waals surface area contributed by atoms with E-state index >= 15 is 0 Å². The van der Waals surface area contributed by atoms with Crippen LogP contribution in [0.15, 0.2) is 30.3 Å². The van der Waals surface area contributed by atoms with Gasteiger partial charge in [0.05, 0.1) is 18.6 Å². The molecular weight excluding hydrogens is 368 g/mol. The maximum Gasteiger partial charge on any atom is 0.191 e. The van der Waals surface area contributed by atoms with Crippen molar-refractivity contribution in [2.45, 2.75) is 65.8 Å². The molecule has 0 aromatic heterocycles. The summed E-state index contributed by atoms with van der Waals surface area (Å²) >= 11 is 0. The van der Waals surface area contributed by atoms with Crippen molar-refractivity contribution in [1.29, 1.82) is 0 Å². The first-order chi connectivity index (χ1) is 12.9. The van der Waals surface area contributed by atoms with E-state index < -0.39 is 13.7 Å². The lowest BCUT2D eigenvalue weighted by Crippen LogP contribution is -2.45. The number of Topliss-reactive ketones (excluding diaryl/α,β-unsaturated/α-hetero) is 2. The van der Waals surface area contributed by atoms with E-state index in [1.807, 2.05) is 37.3 Å². The Morgan fingerprint density at radius 2 is 1.82 bits per heavy atom. The molecule has 0 spiro atoms. The van der Waals surface area contributed by atoms with Gasteiger partial charge in [-0.1, -0.05) is 58.0 Å². The van der Waals surface area contributed by atoms with Crippen LogP contribution in [-0.4, -0.2) is 33.1 Å². The fraction of sp³-hybridized carbons (Fsp3) is 0.652. The normalized spacial score (nSPS) is 25.9. The lowest BCUT2D eigenvalue weighted by molar-refractivity contribution is -0.131. The molecule has 0 aliphatic heterocycles. The third kappa shape index (κ3) is 4.99. The average molecular weight is 405 g/mol. The largest absolute Gasteiger partial charge is 0.416 e. The monoisotopic (exact) mass is 404 g/mol. The molecule has 1 aromatic carbocycles. The lowest BCUT2D eigenvalue weighted by atomic mass is 9.76. The average Bonchev–Trinajstić information content (AvgIpc) is 2.84. The van der Waals surface area contributed by atoms with Crippen LogP contribution in [0, 0.1) is 17.3 Å². The van der Waals surface area contributed by atoms with Gasteiger partial charge in [-0.25, -0.2) is 0 Å². The zero-order valence-corrected chi connectivity index (χ0v) is 19.5. The molecule has 2 rings (SSSR count). The van der Waals surface area contributed by atoms with Gasteiger partial charge in [-0.3, -0.25) is 9.59 Å². The van der Waals surface area contributed by atoms with Crippen LogP contribution in [0.3, 0.4) is 0 Å². The number of ketones is 2. The molecule has 0 N–H and O–H groups in total. The van der Waals surface area contributed by atoms with Gasteiger partial charge in [-0.2, -0.15) is 0 Å². The Kier molecular flexibility index (Phi) is 7.06. The molecule has 1 fully saturated rings. The fourth-order valence-corrected chi connectivity index (χ4v) is 4.64. The van der Waals surface area contributed by atoms with Crippen LogP contribution < -0.4 is 0 Å². The van der Waals surface area contributed by atoms with Crippen molar-refractivity contribution in [2.24, 2.45) is 17.3 Å². The van der Waals surface area contributed by atoms with E-state index in [1.165, 1.54) is 0 Å². The summed E-state index contributed by atoms with van der Waals surface area (Å²) in [6.07, 6.45) is 0.298. The van der Waals surface area contributed by atoms with Gasteiger partial charge in [-0.15, -0.1) is 0 Å². The first kappa shape index (κ1) is 23.0. The topological polar surface area (TPSA) is 52.6 Å². The van der Waals surface area contributed by atoms with Gasteiger partial charge < -0.3 is 9.16 Å². The van der Waals surface area contributed by atoms with Gasteiger partial charge in [0.25, 0.3) is 0 Å². The second kappa shape index (κ2) is 8.60. The van der Waals surface area contributed by atoms with E-state index in [0.29, 0.717) is 26.2 Å². The number of hydrogen-bond donors (Lipinski definition) is 0. The first-order valence-electron chi connectivity index (χ1n) is 10.2. The quantitative estimate of drug-likeness (QED) is 0.571. The Morgan fingerprint density at radius 1 is 1.21 bits per heavy atom. The highest BCUT2D eigenvalue weighted by molar-refractivity contribution is 6.74. The van der Waals surface area contributed by atoms with Crippen LogP contribution in [0.1, 0.15) is 46.6 Å². The van der Waals surface area contributed by atoms with Gasteiger partial charge >= 0.3 is 0 Å². The molecule has 0 saturated heterocycles. The maximum absolute atomic E-state index is 12.9. The Morgan fingerprint density at radius 3 is 2.36 bits per heavy atom. The van der Waals surface area contributed by atoms with Crippen molar-refractivity contribution in [1.82, 2.24) is 0 Å². The Hall–Kier alpha value is -1.30. The number of carbonyl (C=O) groups is 2. The zero-order chi connectivity index (χ0) is 21.2. The van der Waals surface area contributed by atoms with E-state index in [4.69, 9.17) is 9.16 Å². The molecule has 1 aliphatic rings. The van der Waals surface area contributed by atoms with Gasteiger partial charge in [0.15, 0.2) is 8.32 Å². The molecule has 0 heterocycles. The van der Waals surface area contributed by atoms with E-state index in [9.17, 15) is 9.59 Å².